The van der Waals surface area contributed by atoms with Crippen molar-refractivity contribution in [2.24, 2.45) is 11.3 Å². The SMILES string of the molecule is CO[C@@H]1C=C2C=C3C(=C(C)C(=O)N3C)C[C@]2(C)[C@@H](C)[C@H]1OC(=O)N1CCC(O)CC1. The molecule has 0 aromatic heterocycles. The summed E-state index contributed by atoms with van der Waals surface area (Å²) in [5, 5.41) is 9.71. The minimum absolute atomic E-state index is 0.000823. The number of amides is 2. The second kappa shape index (κ2) is 7.54. The molecule has 7 heteroatoms. The Balaban J connectivity index is 1.62. The average Bonchev–Trinajstić information content (AvgIpc) is 2.93. The van der Waals surface area contributed by atoms with Gasteiger partial charge in [0.2, 0.25) is 0 Å². The fraction of sp³-hybridized carbons (Fsp3) is 0.652. The Labute approximate surface area is 178 Å². The van der Waals surface area contributed by atoms with Gasteiger partial charge >= 0.3 is 6.09 Å². The number of nitrogens with zero attached hydrogens (tertiary/aromatic N) is 2. The molecule has 0 unspecified atom stereocenters. The minimum atomic E-state index is -0.422. The highest BCUT2D eigenvalue weighted by atomic mass is 16.6. The molecular weight excluding hydrogens is 384 g/mol. The van der Waals surface area contributed by atoms with Crippen molar-refractivity contribution in [3.05, 3.63) is 34.6 Å². The second-order valence-electron chi connectivity index (χ2n) is 9.27. The zero-order valence-electron chi connectivity index (χ0n) is 18.5. The van der Waals surface area contributed by atoms with E-state index in [1.54, 1.807) is 16.9 Å². The molecule has 0 bridgehead atoms. The van der Waals surface area contributed by atoms with Crippen LogP contribution in [0.3, 0.4) is 0 Å². The van der Waals surface area contributed by atoms with Gasteiger partial charge in [-0.25, -0.2) is 4.79 Å². The third kappa shape index (κ3) is 3.19. The van der Waals surface area contributed by atoms with E-state index in [4.69, 9.17) is 9.47 Å². The Morgan fingerprint density at radius 3 is 2.60 bits per heavy atom. The van der Waals surface area contributed by atoms with E-state index in [9.17, 15) is 14.7 Å². The highest BCUT2D eigenvalue weighted by molar-refractivity contribution is 6.00. The summed E-state index contributed by atoms with van der Waals surface area (Å²) in [5.41, 5.74) is 3.71. The number of rotatable bonds is 2. The molecule has 0 aromatic carbocycles. The van der Waals surface area contributed by atoms with E-state index in [1.807, 2.05) is 20.0 Å². The number of carbonyl (C=O) groups is 2. The largest absolute Gasteiger partial charge is 0.443 e. The highest BCUT2D eigenvalue weighted by Gasteiger charge is 2.51. The van der Waals surface area contributed by atoms with Crippen LogP contribution in [0, 0.1) is 11.3 Å². The monoisotopic (exact) mass is 416 g/mol. The van der Waals surface area contributed by atoms with Crippen molar-refractivity contribution in [3.8, 4) is 0 Å². The Morgan fingerprint density at radius 2 is 1.97 bits per heavy atom. The highest BCUT2D eigenvalue weighted by Crippen LogP contribution is 2.54. The maximum atomic E-state index is 12.8. The van der Waals surface area contributed by atoms with Gasteiger partial charge in [0.15, 0.2) is 0 Å². The first-order valence-electron chi connectivity index (χ1n) is 10.8. The van der Waals surface area contributed by atoms with Crippen LogP contribution in [0.2, 0.25) is 0 Å². The van der Waals surface area contributed by atoms with Crippen LogP contribution in [0.25, 0.3) is 0 Å². The van der Waals surface area contributed by atoms with Crippen LogP contribution < -0.4 is 0 Å². The summed E-state index contributed by atoms with van der Waals surface area (Å²) < 4.78 is 11.7. The number of aliphatic hydroxyl groups excluding tert-OH is 1. The first-order valence-corrected chi connectivity index (χ1v) is 10.8. The third-order valence-electron chi connectivity index (χ3n) is 7.64. The van der Waals surface area contributed by atoms with Crippen molar-refractivity contribution in [2.75, 3.05) is 27.2 Å². The number of piperidine rings is 1. The number of fused-ring (bicyclic) bond motifs is 2. The van der Waals surface area contributed by atoms with E-state index in [0.29, 0.717) is 25.9 Å². The van der Waals surface area contributed by atoms with Gasteiger partial charge in [-0.15, -0.1) is 0 Å². The van der Waals surface area contributed by atoms with Crippen molar-refractivity contribution >= 4 is 12.0 Å². The molecule has 4 rings (SSSR count). The quantitative estimate of drug-likeness (QED) is 0.749. The Kier molecular flexibility index (Phi) is 5.31. The smallest absolute Gasteiger partial charge is 0.410 e. The number of hydrogen-bond donors (Lipinski definition) is 1. The summed E-state index contributed by atoms with van der Waals surface area (Å²) in [6, 6.07) is 0. The molecule has 7 nitrogen and oxygen atoms in total. The molecule has 2 aliphatic heterocycles. The van der Waals surface area contributed by atoms with Crippen molar-refractivity contribution in [1.29, 1.82) is 0 Å². The number of aliphatic hydroxyl groups is 1. The summed E-state index contributed by atoms with van der Waals surface area (Å²) in [6.07, 6.45) is 4.56. The van der Waals surface area contributed by atoms with Gasteiger partial charge in [-0.2, -0.15) is 0 Å². The third-order valence-corrected chi connectivity index (χ3v) is 7.64. The molecule has 164 valence electrons. The van der Waals surface area contributed by atoms with Gasteiger partial charge in [0, 0.05) is 49.9 Å². The molecular formula is C23H32N2O5. The predicted octanol–water partition coefficient (Wildman–Crippen LogP) is 2.62. The van der Waals surface area contributed by atoms with Gasteiger partial charge in [-0.1, -0.05) is 13.8 Å². The van der Waals surface area contributed by atoms with Crippen LogP contribution >= 0.6 is 0 Å². The lowest BCUT2D eigenvalue weighted by atomic mass is 9.59. The number of allylic oxidation sites excluding steroid dienone is 3. The number of ether oxygens (including phenoxy) is 2. The number of likely N-dealkylation sites (N-methyl/N-ethyl adjacent to an activating group) is 1. The Morgan fingerprint density at radius 1 is 1.30 bits per heavy atom. The summed E-state index contributed by atoms with van der Waals surface area (Å²) in [6.45, 7) is 7.18. The topological polar surface area (TPSA) is 79.3 Å². The molecule has 4 atom stereocenters. The molecule has 0 aromatic rings. The molecule has 1 fully saturated rings. The van der Waals surface area contributed by atoms with E-state index in [2.05, 4.69) is 19.9 Å². The van der Waals surface area contributed by atoms with Crippen LogP contribution in [-0.2, 0) is 14.3 Å². The second-order valence-corrected chi connectivity index (χ2v) is 9.27. The van der Waals surface area contributed by atoms with Gasteiger partial charge in [0.05, 0.1) is 6.10 Å². The van der Waals surface area contributed by atoms with Crippen LogP contribution in [0.4, 0.5) is 4.79 Å². The molecule has 0 spiro atoms. The van der Waals surface area contributed by atoms with Crippen molar-refractivity contribution in [1.82, 2.24) is 9.80 Å². The fourth-order valence-corrected chi connectivity index (χ4v) is 5.27. The van der Waals surface area contributed by atoms with E-state index < -0.39 is 6.10 Å². The number of hydrogen-bond acceptors (Lipinski definition) is 5. The summed E-state index contributed by atoms with van der Waals surface area (Å²) in [7, 11) is 3.44. The van der Waals surface area contributed by atoms with Crippen molar-refractivity contribution in [3.63, 3.8) is 0 Å². The van der Waals surface area contributed by atoms with E-state index in [-0.39, 0.29) is 35.5 Å². The van der Waals surface area contributed by atoms with Crippen LogP contribution in [0.15, 0.2) is 34.6 Å². The lowest BCUT2D eigenvalue weighted by Crippen LogP contribution is -2.51. The first kappa shape index (κ1) is 21.1. The summed E-state index contributed by atoms with van der Waals surface area (Å²) in [4.78, 5) is 28.7. The normalized spacial score (nSPS) is 34.5. The molecule has 1 saturated heterocycles. The van der Waals surface area contributed by atoms with Gasteiger partial charge in [0.1, 0.15) is 12.2 Å². The van der Waals surface area contributed by atoms with Crippen LogP contribution in [-0.4, -0.2) is 72.5 Å². The maximum Gasteiger partial charge on any atom is 0.410 e. The minimum Gasteiger partial charge on any atom is -0.443 e. The fourth-order valence-electron chi connectivity index (χ4n) is 5.27. The Bertz CT molecular complexity index is 852. The van der Waals surface area contributed by atoms with Gasteiger partial charge in [-0.05, 0) is 49.5 Å². The molecule has 0 radical (unpaired) electrons. The number of carbonyl (C=O) groups excluding carboxylic acids is 2. The summed E-state index contributed by atoms with van der Waals surface area (Å²) in [5.74, 6) is 0.0474. The molecule has 1 N–H and O–H groups in total. The molecule has 0 saturated carbocycles. The van der Waals surface area contributed by atoms with E-state index in [0.717, 1.165) is 28.8 Å². The molecule has 2 aliphatic carbocycles. The van der Waals surface area contributed by atoms with Gasteiger partial charge < -0.3 is 24.4 Å². The van der Waals surface area contributed by atoms with Gasteiger partial charge in [-0.3, -0.25) is 4.79 Å². The van der Waals surface area contributed by atoms with Crippen molar-refractivity contribution in [2.45, 2.75) is 58.3 Å². The van der Waals surface area contributed by atoms with E-state index >= 15 is 0 Å². The average molecular weight is 417 g/mol. The van der Waals surface area contributed by atoms with Crippen molar-refractivity contribution < 1.29 is 24.2 Å². The summed E-state index contributed by atoms with van der Waals surface area (Å²) >= 11 is 0. The Hall–Kier alpha value is -2.12. The molecule has 4 aliphatic rings. The molecule has 2 heterocycles. The zero-order chi connectivity index (χ0) is 21.8. The van der Waals surface area contributed by atoms with Crippen LogP contribution in [0.5, 0.6) is 0 Å². The maximum absolute atomic E-state index is 12.8. The number of likely N-dealkylation sites (tertiary alicyclic amines) is 1. The van der Waals surface area contributed by atoms with Crippen LogP contribution in [0.1, 0.15) is 40.0 Å². The number of methoxy groups -OCH3 is 1. The van der Waals surface area contributed by atoms with Gasteiger partial charge in [0.25, 0.3) is 5.91 Å². The molecule has 2 amide bonds. The standard InChI is InChI=1S/C23H32N2O5/c1-13-17-12-23(3)14(2)20(30-22(28)25-8-6-16(26)7-9-25)19(29-5)11-15(23)10-18(17)24(4)21(13)27/h10-11,14,16,19-20,26H,6-9,12H2,1-5H3/t14-,19+,20+,23+/m0/s1. The van der Waals surface area contributed by atoms with E-state index in [1.165, 1.54) is 0 Å². The predicted molar refractivity (Wildman–Crippen MR) is 111 cm³/mol. The lowest BCUT2D eigenvalue weighted by molar-refractivity contribution is -0.123. The zero-order valence-corrected chi connectivity index (χ0v) is 18.5. The lowest BCUT2D eigenvalue weighted by Gasteiger charge is -2.49. The first-order chi connectivity index (χ1) is 14.2. The molecule has 30 heavy (non-hydrogen) atoms.